The zero-order chi connectivity index (χ0) is 8.55. The van der Waals surface area contributed by atoms with Gasteiger partial charge in [0.25, 0.3) is 0 Å². The molecule has 66 valence electrons. The predicted octanol–water partition coefficient (Wildman–Crippen LogP) is 1.04. The standard InChI is InChI=1S/C9H12O3/c1-2-3-4-5-6-7-8(12-7)9(10)11-6/h2-3,6-8H,4-5H2,1H3/b3-2-/t6-,7-,8-/m1/s1. The number of epoxide rings is 1. The van der Waals surface area contributed by atoms with Crippen molar-refractivity contribution in [3.8, 4) is 0 Å². The number of hydrogen-bond donors (Lipinski definition) is 0. The van der Waals surface area contributed by atoms with E-state index in [0.717, 1.165) is 12.8 Å². The Morgan fingerprint density at radius 1 is 1.58 bits per heavy atom. The van der Waals surface area contributed by atoms with Crippen molar-refractivity contribution < 1.29 is 14.3 Å². The summed E-state index contributed by atoms with van der Waals surface area (Å²) >= 11 is 0. The zero-order valence-electron chi connectivity index (χ0n) is 7.03. The van der Waals surface area contributed by atoms with E-state index in [1.807, 2.05) is 13.0 Å². The molecular formula is C9H12O3. The summed E-state index contributed by atoms with van der Waals surface area (Å²) in [5, 5.41) is 0. The number of carbonyl (C=O) groups is 1. The molecule has 3 nitrogen and oxygen atoms in total. The molecule has 2 fully saturated rings. The normalized spacial score (nSPS) is 38.4. The third-order valence-electron chi connectivity index (χ3n) is 2.25. The van der Waals surface area contributed by atoms with Gasteiger partial charge in [0.2, 0.25) is 0 Å². The van der Waals surface area contributed by atoms with E-state index >= 15 is 0 Å². The number of fused-ring (bicyclic) bond motifs is 1. The van der Waals surface area contributed by atoms with Gasteiger partial charge >= 0.3 is 5.97 Å². The minimum Gasteiger partial charge on any atom is -0.457 e. The molecule has 0 bridgehead atoms. The minimum absolute atomic E-state index is 0.0127. The molecule has 0 saturated carbocycles. The fourth-order valence-electron chi connectivity index (χ4n) is 1.53. The average Bonchev–Trinajstić information content (AvgIpc) is 2.77. The second-order valence-electron chi connectivity index (χ2n) is 3.14. The van der Waals surface area contributed by atoms with Crippen LogP contribution < -0.4 is 0 Å². The molecular weight excluding hydrogens is 156 g/mol. The van der Waals surface area contributed by atoms with Crippen molar-refractivity contribution in [1.29, 1.82) is 0 Å². The first-order valence-electron chi connectivity index (χ1n) is 4.30. The monoisotopic (exact) mass is 168 g/mol. The summed E-state index contributed by atoms with van der Waals surface area (Å²) in [5.74, 6) is -0.175. The fraction of sp³-hybridized carbons (Fsp3) is 0.667. The number of hydrogen-bond acceptors (Lipinski definition) is 3. The second kappa shape index (κ2) is 2.90. The van der Waals surface area contributed by atoms with Crippen molar-refractivity contribution in [2.24, 2.45) is 0 Å². The summed E-state index contributed by atoms with van der Waals surface area (Å²) in [6.45, 7) is 1.98. The van der Waals surface area contributed by atoms with E-state index in [9.17, 15) is 4.79 Å². The average molecular weight is 168 g/mol. The van der Waals surface area contributed by atoms with Crippen LogP contribution >= 0.6 is 0 Å². The van der Waals surface area contributed by atoms with Crippen molar-refractivity contribution in [3.05, 3.63) is 12.2 Å². The lowest BCUT2D eigenvalue weighted by molar-refractivity contribution is -0.149. The lowest BCUT2D eigenvalue weighted by Crippen LogP contribution is -2.15. The predicted molar refractivity (Wildman–Crippen MR) is 42.6 cm³/mol. The third-order valence-corrected chi connectivity index (χ3v) is 2.25. The van der Waals surface area contributed by atoms with Crippen molar-refractivity contribution >= 4 is 5.97 Å². The molecule has 2 aliphatic rings. The third kappa shape index (κ3) is 1.25. The number of carbonyl (C=O) groups excluding carboxylic acids is 1. The summed E-state index contributed by atoms with van der Waals surface area (Å²) in [5.41, 5.74) is 0. The molecule has 0 N–H and O–H groups in total. The number of rotatable bonds is 3. The molecule has 3 heteroatoms. The van der Waals surface area contributed by atoms with Gasteiger partial charge in [0, 0.05) is 0 Å². The maximum atomic E-state index is 10.9. The Kier molecular flexibility index (Phi) is 1.89. The number of cyclic esters (lactones) is 1. The molecule has 2 saturated heterocycles. The van der Waals surface area contributed by atoms with Crippen molar-refractivity contribution in [1.82, 2.24) is 0 Å². The Bertz CT molecular complexity index is 222. The summed E-state index contributed by atoms with van der Waals surface area (Å²) < 4.78 is 10.2. The first-order chi connectivity index (χ1) is 5.83. The lowest BCUT2D eigenvalue weighted by Gasteiger charge is -2.08. The van der Waals surface area contributed by atoms with Gasteiger partial charge in [0.05, 0.1) is 0 Å². The quantitative estimate of drug-likeness (QED) is 0.359. The van der Waals surface area contributed by atoms with E-state index < -0.39 is 0 Å². The first-order valence-corrected chi connectivity index (χ1v) is 4.30. The van der Waals surface area contributed by atoms with Crippen LogP contribution in [0.15, 0.2) is 12.2 Å². The van der Waals surface area contributed by atoms with Crippen LogP contribution in [0.4, 0.5) is 0 Å². The Balaban J connectivity index is 1.79. The lowest BCUT2D eigenvalue weighted by atomic mass is 10.1. The van der Waals surface area contributed by atoms with Crippen molar-refractivity contribution in [2.45, 2.75) is 38.1 Å². The summed E-state index contributed by atoms with van der Waals surface area (Å²) in [7, 11) is 0. The smallest absolute Gasteiger partial charge is 0.338 e. The highest BCUT2D eigenvalue weighted by Gasteiger charge is 2.58. The summed E-state index contributed by atoms with van der Waals surface area (Å²) in [6, 6.07) is 0. The second-order valence-corrected chi connectivity index (χ2v) is 3.14. The van der Waals surface area contributed by atoms with Gasteiger partial charge in [-0.2, -0.15) is 0 Å². The van der Waals surface area contributed by atoms with Crippen LogP contribution in [0.25, 0.3) is 0 Å². The number of ether oxygens (including phenoxy) is 2. The molecule has 0 aromatic rings. The maximum Gasteiger partial charge on any atom is 0.338 e. The summed E-state index contributed by atoms with van der Waals surface area (Å²) in [4.78, 5) is 10.9. The van der Waals surface area contributed by atoms with Crippen LogP contribution in [-0.2, 0) is 14.3 Å². The van der Waals surface area contributed by atoms with E-state index in [1.54, 1.807) is 0 Å². The van der Waals surface area contributed by atoms with Gasteiger partial charge in [0.1, 0.15) is 12.2 Å². The van der Waals surface area contributed by atoms with Gasteiger partial charge < -0.3 is 9.47 Å². The van der Waals surface area contributed by atoms with Crippen LogP contribution in [0.1, 0.15) is 19.8 Å². The Morgan fingerprint density at radius 3 is 2.92 bits per heavy atom. The van der Waals surface area contributed by atoms with Crippen LogP contribution in [0.5, 0.6) is 0 Å². The Labute approximate surface area is 71.3 Å². The highest BCUT2D eigenvalue weighted by atomic mass is 16.7. The molecule has 12 heavy (non-hydrogen) atoms. The maximum absolute atomic E-state index is 10.9. The highest BCUT2D eigenvalue weighted by molar-refractivity contribution is 5.81. The van der Waals surface area contributed by atoms with E-state index in [4.69, 9.17) is 9.47 Å². The molecule has 0 amide bonds. The summed E-state index contributed by atoms with van der Waals surface area (Å²) in [6.07, 6.45) is 5.78. The van der Waals surface area contributed by atoms with Gasteiger partial charge in [-0.05, 0) is 19.8 Å². The highest BCUT2D eigenvalue weighted by Crippen LogP contribution is 2.37. The molecule has 0 aromatic heterocycles. The van der Waals surface area contributed by atoms with E-state index in [-0.39, 0.29) is 24.3 Å². The first kappa shape index (κ1) is 7.80. The molecule has 3 atom stereocenters. The molecule has 0 spiro atoms. The molecule has 2 rings (SSSR count). The topological polar surface area (TPSA) is 38.8 Å². The van der Waals surface area contributed by atoms with Gasteiger partial charge in [0.15, 0.2) is 6.10 Å². The Morgan fingerprint density at radius 2 is 2.42 bits per heavy atom. The Hall–Kier alpha value is -0.830. The van der Waals surface area contributed by atoms with E-state index in [2.05, 4.69) is 6.08 Å². The zero-order valence-corrected chi connectivity index (χ0v) is 7.03. The minimum atomic E-state index is -0.222. The molecule has 0 unspecified atom stereocenters. The van der Waals surface area contributed by atoms with E-state index in [1.165, 1.54) is 0 Å². The molecule has 0 aliphatic carbocycles. The van der Waals surface area contributed by atoms with E-state index in [0.29, 0.717) is 0 Å². The van der Waals surface area contributed by atoms with Crippen LogP contribution in [-0.4, -0.2) is 24.3 Å². The van der Waals surface area contributed by atoms with Gasteiger partial charge in [-0.3, -0.25) is 0 Å². The van der Waals surface area contributed by atoms with Crippen LogP contribution in [0, 0.1) is 0 Å². The largest absolute Gasteiger partial charge is 0.457 e. The molecule has 0 aromatic carbocycles. The van der Waals surface area contributed by atoms with Gasteiger partial charge in [-0.1, -0.05) is 12.2 Å². The van der Waals surface area contributed by atoms with Gasteiger partial charge in [-0.15, -0.1) is 0 Å². The van der Waals surface area contributed by atoms with Crippen molar-refractivity contribution in [3.63, 3.8) is 0 Å². The van der Waals surface area contributed by atoms with Crippen molar-refractivity contribution in [2.75, 3.05) is 0 Å². The molecule has 2 aliphatic heterocycles. The number of allylic oxidation sites excluding steroid dienone is 2. The SMILES string of the molecule is C/C=C\CC[C@H]1OC(=O)[C@@H]2O[C@H]12. The van der Waals surface area contributed by atoms with Crippen LogP contribution in [0.2, 0.25) is 0 Å². The molecule has 0 radical (unpaired) electrons. The van der Waals surface area contributed by atoms with Gasteiger partial charge in [-0.25, -0.2) is 4.79 Å². The number of esters is 1. The molecule has 2 heterocycles. The van der Waals surface area contributed by atoms with Crippen LogP contribution in [0.3, 0.4) is 0 Å². The fourth-order valence-corrected chi connectivity index (χ4v) is 1.53.